The lowest BCUT2D eigenvalue weighted by Crippen LogP contribution is -1.86. The molecule has 0 rings (SSSR count). The summed E-state index contributed by atoms with van der Waals surface area (Å²) in [7, 11) is 6.50. The molecule has 0 spiro atoms. The minimum absolute atomic E-state index is 0.222. The molecule has 0 unspecified atom stereocenters. The van der Waals surface area contributed by atoms with Gasteiger partial charge in [-0.1, -0.05) is 6.92 Å². The molecule has 0 bridgehead atoms. The van der Waals surface area contributed by atoms with Crippen molar-refractivity contribution in [1.82, 2.24) is 0 Å². The molecule has 2 N–H and O–H groups in total. The first-order valence-electron chi connectivity index (χ1n) is 4.05. The summed E-state index contributed by atoms with van der Waals surface area (Å²) in [5.41, 5.74) is 0. The zero-order valence-corrected chi connectivity index (χ0v) is 10.2. The third-order valence-electron chi connectivity index (χ3n) is 0.302. The Hall–Kier alpha value is -1.14. The van der Waals surface area contributed by atoms with Crippen molar-refractivity contribution in [2.45, 2.75) is 20.3 Å². The first kappa shape index (κ1) is 23.6. The van der Waals surface area contributed by atoms with E-state index in [1.54, 1.807) is 35.4 Å². The SMILES string of the molecule is CC(=O)O.CCC(=O)O.COC.COC. The summed E-state index contributed by atoms with van der Waals surface area (Å²) >= 11 is 0. The van der Waals surface area contributed by atoms with Crippen molar-refractivity contribution in [3.05, 3.63) is 0 Å². The molecule has 0 aromatic carbocycles. The van der Waals surface area contributed by atoms with Crippen LogP contribution in [0.3, 0.4) is 0 Å². The van der Waals surface area contributed by atoms with Crippen molar-refractivity contribution in [3.63, 3.8) is 0 Å². The normalized spacial score (nSPS) is 6.53. The van der Waals surface area contributed by atoms with Crippen LogP contribution < -0.4 is 0 Å². The Bertz CT molecular complexity index is 118. The molecular formula is C9H22O6. The number of ether oxygens (including phenoxy) is 2. The standard InChI is InChI=1S/C3H6O2.C2H4O2.2C2H6O/c1-2-3(4)5;1-2(3)4;2*1-3-2/h2H2,1H3,(H,4,5);1H3,(H,3,4);2*1-2H3. The van der Waals surface area contributed by atoms with E-state index in [2.05, 4.69) is 9.47 Å². The van der Waals surface area contributed by atoms with Crippen molar-refractivity contribution in [3.8, 4) is 0 Å². The van der Waals surface area contributed by atoms with Gasteiger partial charge in [-0.3, -0.25) is 9.59 Å². The summed E-state index contributed by atoms with van der Waals surface area (Å²) in [6, 6.07) is 0. The summed E-state index contributed by atoms with van der Waals surface area (Å²) in [5.74, 6) is -1.58. The van der Waals surface area contributed by atoms with Crippen molar-refractivity contribution in [2.75, 3.05) is 28.4 Å². The number of rotatable bonds is 1. The molecule has 0 amide bonds. The van der Waals surface area contributed by atoms with Crippen molar-refractivity contribution in [1.29, 1.82) is 0 Å². The summed E-state index contributed by atoms with van der Waals surface area (Å²) in [6.45, 7) is 2.68. The Morgan fingerprint density at radius 1 is 1.00 bits per heavy atom. The largest absolute Gasteiger partial charge is 0.481 e. The lowest BCUT2D eigenvalue weighted by Gasteiger charge is -1.71. The maximum atomic E-state index is 9.37. The van der Waals surface area contributed by atoms with Gasteiger partial charge in [0.1, 0.15) is 0 Å². The van der Waals surface area contributed by atoms with E-state index < -0.39 is 11.9 Å². The van der Waals surface area contributed by atoms with Crippen LogP contribution in [-0.4, -0.2) is 50.6 Å². The first-order valence-corrected chi connectivity index (χ1v) is 4.05. The van der Waals surface area contributed by atoms with Gasteiger partial charge in [0.25, 0.3) is 5.97 Å². The smallest absolute Gasteiger partial charge is 0.303 e. The van der Waals surface area contributed by atoms with Crippen LogP contribution in [0, 0.1) is 0 Å². The van der Waals surface area contributed by atoms with Gasteiger partial charge in [-0.25, -0.2) is 0 Å². The molecule has 0 radical (unpaired) electrons. The molecule has 6 heteroatoms. The number of carboxylic acids is 2. The summed E-state index contributed by atoms with van der Waals surface area (Å²) < 4.78 is 8.50. The summed E-state index contributed by atoms with van der Waals surface area (Å²) in [5, 5.41) is 15.1. The second-order valence-electron chi connectivity index (χ2n) is 2.08. The molecule has 15 heavy (non-hydrogen) atoms. The van der Waals surface area contributed by atoms with E-state index in [4.69, 9.17) is 15.0 Å². The van der Waals surface area contributed by atoms with E-state index in [0.29, 0.717) is 0 Å². The Kier molecular flexibility index (Phi) is 46.0. The molecule has 0 saturated heterocycles. The van der Waals surface area contributed by atoms with Crippen LogP contribution in [0.15, 0.2) is 0 Å². The predicted molar refractivity (Wildman–Crippen MR) is 57.1 cm³/mol. The molecule has 0 aromatic rings. The minimum Gasteiger partial charge on any atom is -0.481 e. The van der Waals surface area contributed by atoms with Crippen LogP contribution in [-0.2, 0) is 19.1 Å². The number of hydrogen-bond donors (Lipinski definition) is 2. The fraction of sp³-hybridized carbons (Fsp3) is 0.778. The van der Waals surface area contributed by atoms with E-state index in [0.717, 1.165) is 6.92 Å². The van der Waals surface area contributed by atoms with Gasteiger partial charge in [0, 0.05) is 41.8 Å². The van der Waals surface area contributed by atoms with Crippen LogP contribution in [0.4, 0.5) is 0 Å². The Morgan fingerprint density at radius 2 is 1.07 bits per heavy atom. The number of hydrogen-bond acceptors (Lipinski definition) is 4. The van der Waals surface area contributed by atoms with E-state index >= 15 is 0 Å². The molecule has 0 aliphatic heterocycles. The Morgan fingerprint density at radius 3 is 1.07 bits per heavy atom. The zero-order valence-electron chi connectivity index (χ0n) is 10.2. The van der Waals surface area contributed by atoms with Crippen molar-refractivity contribution >= 4 is 11.9 Å². The van der Waals surface area contributed by atoms with Gasteiger partial charge in [0.05, 0.1) is 0 Å². The number of carbonyl (C=O) groups is 2. The van der Waals surface area contributed by atoms with Gasteiger partial charge in [-0.05, 0) is 0 Å². The number of carboxylic acid groups (broad SMARTS) is 2. The number of aliphatic carboxylic acids is 2. The molecule has 6 nitrogen and oxygen atoms in total. The third kappa shape index (κ3) is 2050. The average molecular weight is 226 g/mol. The van der Waals surface area contributed by atoms with Crippen LogP contribution in [0.1, 0.15) is 20.3 Å². The monoisotopic (exact) mass is 226 g/mol. The average Bonchev–Trinajstić information content (AvgIpc) is 2.06. The van der Waals surface area contributed by atoms with Crippen molar-refractivity contribution < 1.29 is 29.3 Å². The van der Waals surface area contributed by atoms with Crippen LogP contribution in [0.25, 0.3) is 0 Å². The molecule has 0 aliphatic rings. The highest BCUT2D eigenvalue weighted by atomic mass is 16.5. The fourth-order valence-electron chi connectivity index (χ4n) is 0. The first-order chi connectivity index (χ1) is 6.83. The van der Waals surface area contributed by atoms with Gasteiger partial charge in [0.2, 0.25) is 0 Å². The topological polar surface area (TPSA) is 93.1 Å². The maximum absolute atomic E-state index is 9.37. The van der Waals surface area contributed by atoms with Gasteiger partial charge < -0.3 is 19.7 Å². The van der Waals surface area contributed by atoms with Crippen LogP contribution >= 0.6 is 0 Å². The predicted octanol–water partition coefficient (Wildman–Crippen LogP) is 1.10. The summed E-state index contributed by atoms with van der Waals surface area (Å²) in [6.07, 6.45) is 0.222. The van der Waals surface area contributed by atoms with Gasteiger partial charge >= 0.3 is 5.97 Å². The van der Waals surface area contributed by atoms with Crippen LogP contribution in [0.5, 0.6) is 0 Å². The van der Waals surface area contributed by atoms with Gasteiger partial charge in [-0.2, -0.15) is 0 Å². The highest BCUT2D eigenvalue weighted by Gasteiger charge is 1.80. The Labute approximate surface area is 90.8 Å². The van der Waals surface area contributed by atoms with Gasteiger partial charge in [-0.15, -0.1) is 0 Å². The lowest BCUT2D eigenvalue weighted by atomic mass is 10.5. The second kappa shape index (κ2) is 29.3. The molecule has 0 saturated carbocycles. The molecule has 0 aromatic heterocycles. The molecule has 94 valence electrons. The fourth-order valence-corrected chi connectivity index (χ4v) is 0. The van der Waals surface area contributed by atoms with E-state index in [9.17, 15) is 4.79 Å². The zero-order chi connectivity index (χ0) is 13.3. The molecule has 0 heterocycles. The second-order valence-corrected chi connectivity index (χ2v) is 2.08. The molecule has 0 atom stereocenters. The van der Waals surface area contributed by atoms with Gasteiger partial charge in [0.15, 0.2) is 0 Å². The van der Waals surface area contributed by atoms with E-state index in [1.165, 1.54) is 0 Å². The molecule has 0 aliphatic carbocycles. The van der Waals surface area contributed by atoms with E-state index in [-0.39, 0.29) is 6.42 Å². The maximum Gasteiger partial charge on any atom is 0.303 e. The molecular weight excluding hydrogens is 204 g/mol. The lowest BCUT2D eigenvalue weighted by molar-refractivity contribution is -0.137. The highest BCUT2D eigenvalue weighted by molar-refractivity contribution is 5.66. The summed E-state index contributed by atoms with van der Waals surface area (Å²) in [4.78, 5) is 18.4. The Balaban J connectivity index is -0.0000000553. The number of methoxy groups -OCH3 is 2. The quantitative estimate of drug-likeness (QED) is 0.695. The third-order valence-corrected chi connectivity index (χ3v) is 0.302. The minimum atomic E-state index is -0.833. The van der Waals surface area contributed by atoms with Crippen LogP contribution in [0.2, 0.25) is 0 Å². The van der Waals surface area contributed by atoms with Crippen molar-refractivity contribution in [2.24, 2.45) is 0 Å². The molecule has 0 fully saturated rings. The van der Waals surface area contributed by atoms with E-state index in [1.807, 2.05) is 0 Å². The highest BCUT2D eigenvalue weighted by Crippen LogP contribution is 1.67.